The highest BCUT2D eigenvalue weighted by atomic mass is 16.2. The highest BCUT2D eigenvalue weighted by Gasteiger charge is 2.24. The van der Waals surface area contributed by atoms with Crippen molar-refractivity contribution < 1.29 is 14.5 Å². The van der Waals surface area contributed by atoms with E-state index in [-0.39, 0.29) is 18.4 Å². The number of piperazine rings is 1. The van der Waals surface area contributed by atoms with Gasteiger partial charge in [-0.3, -0.25) is 9.59 Å². The van der Waals surface area contributed by atoms with Gasteiger partial charge in [0.1, 0.15) is 0 Å². The van der Waals surface area contributed by atoms with E-state index in [9.17, 15) is 9.59 Å². The van der Waals surface area contributed by atoms with Crippen molar-refractivity contribution >= 4 is 17.5 Å². The summed E-state index contributed by atoms with van der Waals surface area (Å²) in [6, 6.07) is 8.41. The van der Waals surface area contributed by atoms with Gasteiger partial charge < -0.3 is 20.0 Å². The van der Waals surface area contributed by atoms with Gasteiger partial charge in [0.05, 0.1) is 32.7 Å². The van der Waals surface area contributed by atoms with E-state index in [0.29, 0.717) is 6.54 Å². The van der Waals surface area contributed by atoms with Crippen LogP contribution in [0.1, 0.15) is 5.56 Å². The maximum atomic E-state index is 12.2. The molecule has 2 N–H and O–H groups in total. The summed E-state index contributed by atoms with van der Waals surface area (Å²) in [6.07, 6.45) is 0. The summed E-state index contributed by atoms with van der Waals surface area (Å²) in [4.78, 5) is 28.7. The molecular weight excluding hydrogens is 292 g/mol. The fourth-order valence-electron chi connectivity index (χ4n) is 2.89. The first-order chi connectivity index (χ1) is 11.0. The zero-order chi connectivity index (χ0) is 16.8. The van der Waals surface area contributed by atoms with Crippen LogP contribution in [0.25, 0.3) is 0 Å². The number of hydrogen-bond donors (Lipinski definition) is 2. The molecule has 0 unspecified atom stereocenters. The highest BCUT2D eigenvalue weighted by molar-refractivity contribution is 5.84. The van der Waals surface area contributed by atoms with Crippen LogP contribution in [-0.4, -0.2) is 70.1 Å². The van der Waals surface area contributed by atoms with Gasteiger partial charge in [-0.15, -0.1) is 0 Å². The number of nitrogens with one attached hydrogen (secondary N) is 2. The molecule has 0 aromatic heterocycles. The number of aryl methyl sites for hydroxylation is 1. The first-order valence-corrected chi connectivity index (χ1v) is 8.10. The number of amides is 2. The second-order valence-corrected chi connectivity index (χ2v) is 6.12. The van der Waals surface area contributed by atoms with Crippen LogP contribution in [-0.2, 0) is 9.59 Å². The zero-order valence-corrected chi connectivity index (χ0v) is 14.3. The third kappa shape index (κ3) is 4.69. The molecule has 0 saturated carbocycles. The van der Waals surface area contributed by atoms with Crippen LogP contribution in [0.3, 0.4) is 0 Å². The van der Waals surface area contributed by atoms with Crippen molar-refractivity contribution in [3.05, 3.63) is 29.8 Å². The lowest BCUT2D eigenvalue weighted by Gasteiger charge is -2.34. The molecule has 0 radical (unpaired) electrons. The summed E-state index contributed by atoms with van der Waals surface area (Å²) in [6.45, 7) is 6.49. The van der Waals surface area contributed by atoms with E-state index in [1.54, 1.807) is 14.1 Å². The van der Waals surface area contributed by atoms with Crippen LogP contribution >= 0.6 is 0 Å². The molecule has 0 aliphatic carbocycles. The van der Waals surface area contributed by atoms with Gasteiger partial charge in [0.15, 0.2) is 6.54 Å². The van der Waals surface area contributed by atoms with Crippen molar-refractivity contribution in [3.8, 4) is 0 Å². The monoisotopic (exact) mass is 319 g/mol. The minimum Gasteiger partial charge on any atom is -0.360 e. The number of rotatable bonds is 5. The SMILES string of the molecule is CNC(=O)CN(C)C(=O)C[NH+]1CCN(c2ccccc2C)CC1. The van der Waals surface area contributed by atoms with Crippen LogP contribution in [0.15, 0.2) is 24.3 Å². The lowest BCUT2D eigenvalue weighted by molar-refractivity contribution is -0.892. The van der Waals surface area contributed by atoms with E-state index in [0.717, 1.165) is 26.2 Å². The van der Waals surface area contributed by atoms with Gasteiger partial charge in [-0.25, -0.2) is 0 Å². The Hall–Kier alpha value is -2.08. The molecule has 0 spiro atoms. The molecule has 0 atom stereocenters. The number of likely N-dealkylation sites (N-methyl/N-ethyl adjacent to an activating group) is 2. The summed E-state index contributed by atoms with van der Waals surface area (Å²) in [5, 5.41) is 2.54. The van der Waals surface area contributed by atoms with Crippen molar-refractivity contribution in [2.45, 2.75) is 6.92 Å². The van der Waals surface area contributed by atoms with E-state index in [4.69, 9.17) is 0 Å². The van der Waals surface area contributed by atoms with Gasteiger partial charge in [0.2, 0.25) is 5.91 Å². The molecule has 6 nitrogen and oxygen atoms in total. The summed E-state index contributed by atoms with van der Waals surface area (Å²) in [7, 11) is 3.26. The Morgan fingerprint density at radius 1 is 1.26 bits per heavy atom. The number of nitrogens with zero attached hydrogens (tertiary/aromatic N) is 2. The lowest BCUT2D eigenvalue weighted by Crippen LogP contribution is -3.15. The molecule has 1 aliphatic rings. The Balaban J connectivity index is 1.82. The molecule has 1 saturated heterocycles. The van der Waals surface area contributed by atoms with Gasteiger partial charge in [-0.05, 0) is 18.6 Å². The summed E-state index contributed by atoms with van der Waals surface area (Å²) in [5.74, 6) is -0.117. The van der Waals surface area contributed by atoms with E-state index >= 15 is 0 Å². The van der Waals surface area contributed by atoms with E-state index in [1.807, 2.05) is 0 Å². The first kappa shape index (κ1) is 17.3. The molecule has 2 rings (SSSR count). The predicted octanol–water partition coefficient (Wildman–Crippen LogP) is -1.10. The normalized spacial score (nSPS) is 15.3. The van der Waals surface area contributed by atoms with Crippen molar-refractivity contribution in [1.29, 1.82) is 0 Å². The van der Waals surface area contributed by atoms with Crippen molar-refractivity contribution in [2.75, 3.05) is 58.3 Å². The smallest absolute Gasteiger partial charge is 0.277 e. The number of benzene rings is 1. The summed E-state index contributed by atoms with van der Waals surface area (Å²) >= 11 is 0. The molecular formula is C17H27N4O2+. The van der Waals surface area contributed by atoms with Crippen molar-refractivity contribution in [1.82, 2.24) is 10.2 Å². The summed E-state index contributed by atoms with van der Waals surface area (Å²) in [5.41, 5.74) is 2.58. The third-order valence-corrected chi connectivity index (χ3v) is 4.41. The molecule has 23 heavy (non-hydrogen) atoms. The molecule has 2 amide bonds. The number of hydrogen-bond acceptors (Lipinski definition) is 3. The molecule has 1 heterocycles. The molecule has 1 aliphatic heterocycles. The molecule has 0 bridgehead atoms. The second-order valence-electron chi connectivity index (χ2n) is 6.12. The molecule has 1 aromatic rings. The number of carbonyl (C=O) groups excluding carboxylic acids is 2. The highest BCUT2D eigenvalue weighted by Crippen LogP contribution is 2.18. The van der Waals surface area contributed by atoms with Crippen molar-refractivity contribution in [3.63, 3.8) is 0 Å². The maximum Gasteiger partial charge on any atom is 0.277 e. The van der Waals surface area contributed by atoms with E-state index in [1.165, 1.54) is 21.1 Å². The Labute approximate surface area is 138 Å². The average Bonchev–Trinajstić information content (AvgIpc) is 2.56. The van der Waals surface area contributed by atoms with Crippen molar-refractivity contribution in [2.24, 2.45) is 0 Å². The standard InChI is InChI=1S/C17H26N4O2/c1-14-6-4-5-7-15(14)21-10-8-20(9-11-21)13-17(23)19(3)12-16(22)18-2/h4-7H,8-13H2,1-3H3,(H,18,22)/p+1. The average molecular weight is 319 g/mol. The molecule has 126 valence electrons. The Morgan fingerprint density at radius 3 is 2.52 bits per heavy atom. The van der Waals surface area contributed by atoms with Crippen LogP contribution in [0.2, 0.25) is 0 Å². The number of anilines is 1. The lowest BCUT2D eigenvalue weighted by atomic mass is 10.1. The minimum atomic E-state index is -0.139. The number of carbonyl (C=O) groups is 2. The number of quaternary nitrogens is 1. The van der Waals surface area contributed by atoms with Crippen LogP contribution in [0.5, 0.6) is 0 Å². The second kappa shape index (κ2) is 7.97. The third-order valence-electron chi connectivity index (χ3n) is 4.41. The van der Waals surface area contributed by atoms with Crippen LogP contribution < -0.4 is 15.1 Å². The minimum absolute atomic E-state index is 0.0212. The Bertz CT molecular complexity index is 553. The van der Waals surface area contributed by atoms with Gasteiger partial charge in [-0.2, -0.15) is 0 Å². The molecule has 1 aromatic carbocycles. The quantitative estimate of drug-likeness (QED) is 0.725. The predicted molar refractivity (Wildman–Crippen MR) is 90.7 cm³/mol. The van der Waals surface area contributed by atoms with Crippen LogP contribution in [0, 0.1) is 6.92 Å². The number of para-hydroxylation sites is 1. The Kier molecular flexibility index (Phi) is 5.98. The van der Waals surface area contributed by atoms with Gasteiger partial charge >= 0.3 is 0 Å². The van der Waals surface area contributed by atoms with Gasteiger partial charge in [0, 0.05) is 19.8 Å². The largest absolute Gasteiger partial charge is 0.360 e. The fraction of sp³-hybridized carbons (Fsp3) is 0.529. The van der Waals surface area contributed by atoms with Gasteiger partial charge in [0.25, 0.3) is 5.91 Å². The fourth-order valence-corrected chi connectivity index (χ4v) is 2.89. The van der Waals surface area contributed by atoms with Crippen LogP contribution in [0.4, 0.5) is 5.69 Å². The van der Waals surface area contributed by atoms with E-state index < -0.39 is 0 Å². The zero-order valence-electron chi connectivity index (χ0n) is 14.3. The molecule has 6 heteroatoms. The molecule has 1 fully saturated rings. The topological polar surface area (TPSA) is 57.1 Å². The van der Waals surface area contributed by atoms with E-state index in [2.05, 4.69) is 41.4 Å². The maximum absolute atomic E-state index is 12.2. The summed E-state index contributed by atoms with van der Waals surface area (Å²) < 4.78 is 0. The Morgan fingerprint density at radius 2 is 1.91 bits per heavy atom. The van der Waals surface area contributed by atoms with Gasteiger partial charge in [-0.1, -0.05) is 18.2 Å². The first-order valence-electron chi connectivity index (χ1n) is 8.10.